The lowest BCUT2D eigenvalue weighted by molar-refractivity contribution is -0.142. The van der Waals surface area contributed by atoms with Gasteiger partial charge in [0.25, 0.3) is 0 Å². The fourth-order valence-corrected chi connectivity index (χ4v) is 2.61. The van der Waals surface area contributed by atoms with Gasteiger partial charge in [-0.3, -0.25) is 4.79 Å². The third-order valence-electron chi connectivity index (χ3n) is 3.52. The first-order valence-corrected chi connectivity index (χ1v) is 6.03. The quantitative estimate of drug-likeness (QED) is 0.824. The van der Waals surface area contributed by atoms with Gasteiger partial charge in [0.15, 0.2) is 0 Å². The summed E-state index contributed by atoms with van der Waals surface area (Å²) in [7, 11) is 0. The summed E-state index contributed by atoms with van der Waals surface area (Å²) in [5.41, 5.74) is 2.76. The van der Waals surface area contributed by atoms with E-state index in [1.807, 2.05) is 13.0 Å². The molecule has 0 amide bonds. The van der Waals surface area contributed by atoms with Crippen LogP contribution in [0.25, 0.3) is 0 Å². The summed E-state index contributed by atoms with van der Waals surface area (Å²) in [6, 6.07) is 8.37. The summed E-state index contributed by atoms with van der Waals surface area (Å²) in [6.45, 7) is 2.05. The van der Waals surface area contributed by atoms with Crippen LogP contribution in [0.3, 0.4) is 0 Å². The van der Waals surface area contributed by atoms with Crippen LogP contribution >= 0.6 is 0 Å². The predicted octanol–water partition coefficient (Wildman–Crippen LogP) is 3.22. The highest BCUT2D eigenvalue weighted by Crippen LogP contribution is 2.39. The Morgan fingerprint density at radius 2 is 2.25 bits per heavy atom. The highest BCUT2D eigenvalue weighted by molar-refractivity contribution is 5.70. The topological polar surface area (TPSA) is 37.3 Å². The molecule has 0 saturated heterocycles. The van der Waals surface area contributed by atoms with Crippen LogP contribution in [0.4, 0.5) is 0 Å². The van der Waals surface area contributed by atoms with E-state index in [-0.39, 0.29) is 5.92 Å². The molecule has 1 aromatic rings. The molecule has 1 aliphatic rings. The first-order valence-electron chi connectivity index (χ1n) is 6.03. The number of rotatable bonds is 5. The van der Waals surface area contributed by atoms with Gasteiger partial charge in [-0.15, -0.1) is 0 Å². The smallest absolute Gasteiger partial charge is 0.306 e. The second-order valence-electron chi connectivity index (χ2n) is 4.66. The van der Waals surface area contributed by atoms with Gasteiger partial charge in [0.2, 0.25) is 0 Å². The molecule has 1 N–H and O–H groups in total. The number of carbonyl (C=O) groups is 1. The van der Waals surface area contributed by atoms with Crippen molar-refractivity contribution in [3.05, 3.63) is 35.4 Å². The summed E-state index contributed by atoms with van der Waals surface area (Å²) < 4.78 is 0. The van der Waals surface area contributed by atoms with Gasteiger partial charge in [0, 0.05) is 0 Å². The van der Waals surface area contributed by atoms with Gasteiger partial charge in [0.05, 0.1) is 5.92 Å². The molecular formula is C14H18O2. The third kappa shape index (κ3) is 2.11. The van der Waals surface area contributed by atoms with Crippen LogP contribution < -0.4 is 0 Å². The Labute approximate surface area is 96.3 Å². The molecule has 0 bridgehead atoms. The van der Waals surface area contributed by atoms with E-state index in [1.165, 1.54) is 11.1 Å². The van der Waals surface area contributed by atoms with Crippen LogP contribution in [-0.2, 0) is 11.2 Å². The molecule has 0 aliphatic heterocycles. The predicted molar refractivity (Wildman–Crippen MR) is 63.5 cm³/mol. The largest absolute Gasteiger partial charge is 0.481 e. The van der Waals surface area contributed by atoms with E-state index in [4.69, 9.17) is 5.11 Å². The van der Waals surface area contributed by atoms with E-state index in [2.05, 4.69) is 18.2 Å². The summed E-state index contributed by atoms with van der Waals surface area (Å²) in [4.78, 5) is 11.1. The Balaban J connectivity index is 1.99. The number of fused-ring (bicyclic) bond motifs is 1. The number of carboxylic acid groups (broad SMARTS) is 1. The van der Waals surface area contributed by atoms with Gasteiger partial charge in [-0.1, -0.05) is 37.6 Å². The Hall–Kier alpha value is -1.31. The van der Waals surface area contributed by atoms with Crippen LogP contribution in [-0.4, -0.2) is 11.1 Å². The van der Waals surface area contributed by atoms with Crippen molar-refractivity contribution in [1.82, 2.24) is 0 Å². The molecule has 0 saturated carbocycles. The van der Waals surface area contributed by atoms with E-state index >= 15 is 0 Å². The van der Waals surface area contributed by atoms with Gasteiger partial charge in [-0.2, -0.15) is 0 Å². The van der Waals surface area contributed by atoms with Crippen LogP contribution in [0, 0.1) is 5.92 Å². The summed E-state index contributed by atoms with van der Waals surface area (Å²) >= 11 is 0. The monoisotopic (exact) mass is 218 g/mol. The van der Waals surface area contributed by atoms with Crippen molar-refractivity contribution in [1.29, 1.82) is 0 Å². The van der Waals surface area contributed by atoms with Gasteiger partial charge in [-0.25, -0.2) is 0 Å². The maximum absolute atomic E-state index is 11.1. The minimum Gasteiger partial charge on any atom is -0.481 e. The highest BCUT2D eigenvalue weighted by Gasteiger charge is 2.30. The lowest BCUT2D eigenvalue weighted by Gasteiger charge is -2.31. The molecular weight excluding hydrogens is 200 g/mol. The molecule has 16 heavy (non-hydrogen) atoms. The maximum Gasteiger partial charge on any atom is 0.306 e. The first-order chi connectivity index (χ1) is 7.72. The standard InChI is InChI=1S/C14H18O2/c1-2-5-11(14(15)16)9-12-8-10-6-3-4-7-13(10)12/h3-4,6-7,11-12H,2,5,8-9H2,1H3,(H,15,16). The molecule has 0 heterocycles. The SMILES string of the molecule is CCCC(CC1Cc2ccccc21)C(=O)O. The lowest BCUT2D eigenvalue weighted by atomic mass is 9.73. The fourth-order valence-electron chi connectivity index (χ4n) is 2.61. The maximum atomic E-state index is 11.1. The van der Waals surface area contributed by atoms with Crippen molar-refractivity contribution in [3.8, 4) is 0 Å². The molecule has 0 radical (unpaired) electrons. The Bertz CT molecular complexity index is 384. The van der Waals surface area contributed by atoms with Crippen molar-refractivity contribution >= 4 is 5.97 Å². The lowest BCUT2D eigenvalue weighted by Crippen LogP contribution is -2.23. The van der Waals surface area contributed by atoms with E-state index in [1.54, 1.807) is 0 Å². The highest BCUT2D eigenvalue weighted by atomic mass is 16.4. The average Bonchev–Trinajstić information content (AvgIpc) is 2.24. The first kappa shape index (κ1) is 11.2. The number of aliphatic carboxylic acids is 1. The molecule has 2 heteroatoms. The zero-order valence-corrected chi connectivity index (χ0v) is 9.65. The van der Waals surface area contributed by atoms with Crippen molar-refractivity contribution < 1.29 is 9.90 Å². The van der Waals surface area contributed by atoms with Gasteiger partial charge in [-0.05, 0) is 36.3 Å². The van der Waals surface area contributed by atoms with E-state index in [0.29, 0.717) is 5.92 Å². The third-order valence-corrected chi connectivity index (χ3v) is 3.52. The van der Waals surface area contributed by atoms with E-state index in [0.717, 1.165) is 25.7 Å². The fraction of sp³-hybridized carbons (Fsp3) is 0.500. The molecule has 0 aromatic heterocycles. The molecule has 1 aromatic carbocycles. The number of carboxylic acids is 1. The Kier molecular flexibility index (Phi) is 3.28. The molecule has 0 spiro atoms. The number of benzene rings is 1. The van der Waals surface area contributed by atoms with Gasteiger partial charge in [0.1, 0.15) is 0 Å². The molecule has 1 aliphatic carbocycles. The average molecular weight is 218 g/mol. The Morgan fingerprint density at radius 3 is 2.88 bits per heavy atom. The van der Waals surface area contributed by atoms with Crippen molar-refractivity contribution in [3.63, 3.8) is 0 Å². The molecule has 2 rings (SSSR count). The molecule has 2 nitrogen and oxygen atoms in total. The minimum absolute atomic E-state index is 0.164. The second-order valence-corrected chi connectivity index (χ2v) is 4.66. The van der Waals surface area contributed by atoms with E-state index in [9.17, 15) is 4.79 Å². The zero-order chi connectivity index (χ0) is 11.5. The Morgan fingerprint density at radius 1 is 1.50 bits per heavy atom. The van der Waals surface area contributed by atoms with E-state index < -0.39 is 5.97 Å². The normalized spacial score (nSPS) is 19.7. The summed E-state index contributed by atoms with van der Waals surface area (Å²) in [6.07, 6.45) is 3.61. The van der Waals surface area contributed by atoms with Crippen LogP contribution in [0.2, 0.25) is 0 Å². The van der Waals surface area contributed by atoms with Crippen molar-refractivity contribution in [2.45, 2.75) is 38.5 Å². The molecule has 86 valence electrons. The number of hydrogen-bond donors (Lipinski definition) is 1. The van der Waals surface area contributed by atoms with Gasteiger partial charge < -0.3 is 5.11 Å². The van der Waals surface area contributed by atoms with Crippen molar-refractivity contribution in [2.75, 3.05) is 0 Å². The molecule has 0 fully saturated rings. The molecule has 2 atom stereocenters. The summed E-state index contributed by atoms with van der Waals surface area (Å²) in [5, 5.41) is 9.12. The van der Waals surface area contributed by atoms with Crippen LogP contribution in [0.5, 0.6) is 0 Å². The van der Waals surface area contributed by atoms with Gasteiger partial charge >= 0.3 is 5.97 Å². The number of hydrogen-bond acceptors (Lipinski definition) is 1. The zero-order valence-electron chi connectivity index (χ0n) is 9.65. The molecule has 2 unspecified atom stereocenters. The minimum atomic E-state index is -0.633. The second kappa shape index (κ2) is 4.69. The van der Waals surface area contributed by atoms with Crippen LogP contribution in [0.15, 0.2) is 24.3 Å². The summed E-state index contributed by atoms with van der Waals surface area (Å²) in [5.74, 6) is -0.321. The van der Waals surface area contributed by atoms with Crippen LogP contribution in [0.1, 0.15) is 43.2 Å². The van der Waals surface area contributed by atoms with Crippen molar-refractivity contribution in [2.24, 2.45) is 5.92 Å².